The molecule has 2 saturated heterocycles. The van der Waals surface area contributed by atoms with E-state index in [4.69, 9.17) is 0 Å². The van der Waals surface area contributed by atoms with Gasteiger partial charge in [-0.05, 0) is 43.5 Å². The first-order valence-electron chi connectivity index (χ1n) is 8.42. The van der Waals surface area contributed by atoms with E-state index in [1.54, 1.807) is 4.90 Å². The number of anilines is 1. The first-order chi connectivity index (χ1) is 11.3. The molecular formula is C17H25N3O3S. The van der Waals surface area contributed by atoms with Crippen molar-refractivity contribution in [3.8, 4) is 0 Å². The lowest BCUT2D eigenvalue weighted by atomic mass is 10.1. The van der Waals surface area contributed by atoms with Crippen molar-refractivity contribution in [2.75, 3.05) is 42.6 Å². The molecule has 0 radical (unpaired) electrons. The fourth-order valence-electron chi connectivity index (χ4n) is 3.26. The highest BCUT2D eigenvalue weighted by atomic mass is 32.2. The van der Waals surface area contributed by atoms with Crippen molar-refractivity contribution in [1.29, 1.82) is 0 Å². The molecule has 0 saturated carbocycles. The Kier molecular flexibility index (Phi) is 4.71. The Morgan fingerprint density at radius 2 is 1.83 bits per heavy atom. The van der Waals surface area contributed by atoms with Crippen molar-refractivity contribution < 1.29 is 13.2 Å². The molecule has 1 N–H and O–H groups in total. The zero-order valence-electron chi connectivity index (χ0n) is 14.3. The smallest absolute Gasteiger partial charge is 0.317 e. The average molecular weight is 351 g/mol. The molecule has 0 spiro atoms. The van der Waals surface area contributed by atoms with E-state index in [0.717, 1.165) is 13.1 Å². The Bertz CT molecular complexity index is 725. The summed E-state index contributed by atoms with van der Waals surface area (Å²) in [6.45, 7) is 7.09. The first kappa shape index (κ1) is 17.1. The molecule has 2 aliphatic heterocycles. The monoisotopic (exact) mass is 351 g/mol. The van der Waals surface area contributed by atoms with Gasteiger partial charge >= 0.3 is 6.03 Å². The Labute approximate surface area is 143 Å². The third-order valence-electron chi connectivity index (χ3n) is 4.98. The van der Waals surface area contributed by atoms with Crippen LogP contribution in [0.2, 0.25) is 0 Å². The summed E-state index contributed by atoms with van der Waals surface area (Å²) in [5.41, 5.74) is 3.75. The van der Waals surface area contributed by atoms with Crippen LogP contribution in [0, 0.1) is 13.8 Å². The summed E-state index contributed by atoms with van der Waals surface area (Å²) >= 11 is 0. The molecule has 24 heavy (non-hydrogen) atoms. The number of nitrogens with zero attached hydrogens (tertiary/aromatic N) is 2. The molecule has 132 valence electrons. The predicted molar refractivity (Wildman–Crippen MR) is 95.3 cm³/mol. The van der Waals surface area contributed by atoms with E-state index in [9.17, 15) is 13.2 Å². The molecule has 3 rings (SSSR count). The molecule has 1 unspecified atom stereocenters. The molecule has 7 heteroatoms. The molecule has 0 bridgehead atoms. The molecule has 1 aromatic rings. The molecule has 2 amide bonds. The van der Waals surface area contributed by atoms with Crippen molar-refractivity contribution in [3.63, 3.8) is 0 Å². The summed E-state index contributed by atoms with van der Waals surface area (Å²) in [7, 11) is -2.97. The van der Waals surface area contributed by atoms with Crippen molar-refractivity contribution >= 4 is 21.6 Å². The van der Waals surface area contributed by atoms with Gasteiger partial charge in [-0.3, -0.25) is 0 Å². The standard InChI is InChI=1S/C17H25N3O3S/c1-13-3-4-16(11-14(13)2)19-6-8-20(9-7-19)17(21)18-15-5-10-24(22,23)12-15/h3-4,11,15H,5-10,12H2,1-2H3,(H,18,21). The van der Waals surface area contributed by atoms with Gasteiger partial charge in [0.15, 0.2) is 9.84 Å². The molecule has 2 heterocycles. The predicted octanol–water partition coefficient (Wildman–Crippen LogP) is 1.32. The summed E-state index contributed by atoms with van der Waals surface area (Å²) in [4.78, 5) is 16.4. The lowest BCUT2D eigenvalue weighted by Gasteiger charge is -2.36. The van der Waals surface area contributed by atoms with Gasteiger partial charge in [0.2, 0.25) is 0 Å². The van der Waals surface area contributed by atoms with Crippen LogP contribution in [0.1, 0.15) is 17.5 Å². The largest absolute Gasteiger partial charge is 0.368 e. The summed E-state index contributed by atoms with van der Waals surface area (Å²) in [5, 5.41) is 2.86. The summed E-state index contributed by atoms with van der Waals surface area (Å²) in [6, 6.07) is 6.07. The molecule has 2 fully saturated rings. The lowest BCUT2D eigenvalue weighted by molar-refractivity contribution is 0.191. The molecule has 1 atom stereocenters. The number of urea groups is 1. The van der Waals surface area contributed by atoms with Crippen LogP contribution in [0.5, 0.6) is 0 Å². The minimum absolute atomic E-state index is 0.0708. The van der Waals surface area contributed by atoms with E-state index >= 15 is 0 Å². The van der Waals surface area contributed by atoms with E-state index in [1.807, 2.05) is 0 Å². The van der Waals surface area contributed by atoms with Crippen LogP contribution < -0.4 is 10.2 Å². The molecule has 1 aromatic carbocycles. The van der Waals surface area contributed by atoms with Crippen LogP contribution >= 0.6 is 0 Å². The molecule has 0 aliphatic carbocycles. The summed E-state index contributed by atoms with van der Waals surface area (Å²) in [6.07, 6.45) is 0.524. The van der Waals surface area contributed by atoms with Gasteiger partial charge in [0.25, 0.3) is 0 Å². The second-order valence-corrected chi connectivity index (χ2v) is 9.02. The number of amides is 2. The second kappa shape index (κ2) is 6.63. The van der Waals surface area contributed by atoms with Gasteiger partial charge in [0.05, 0.1) is 11.5 Å². The highest BCUT2D eigenvalue weighted by molar-refractivity contribution is 7.91. The van der Waals surface area contributed by atoms with E-state index in [-0.39, 0.29) is 23.6 Å². The number of nitrogens with one attached hydrogen (secondary N) is 1. The summed E-state index contributed by atoms with van der Waals surface area (Å²) in [5.74, 6) is 0.250. The zero-order valence-corrected chi connectivity index (χ0v) is 15.1. The van der Waals surface area contributed by atoms with Gasteiger partial charge in [-0.15, -0.1) is 0 Å². The van der Waals surface area contributed by atoms with Gasteiger partial charge in [0.1, 0.15) is 0 Å². The van der Waals surface area contributed by atoms with Crippen molar-refractivity contribution in [1.82, 2.24) is 10.2 Å². The molecule has 2 aliphatic rings. The van der Waals surface area contributed by atoms with Crippen LogP contribution in [-0.2, 0) is 9.84 Å². The lowest BCUT2D eigenvalue weighted by Crippen LogP contribution is -2.53. The SMILES string of the molecule is Cc1ccc(N2CCN(C(=O)NC3CCS(=O)(=O)C3)CC2)cc1C. The number of hydrogen-bond donors (Lipinski definition) is 1. The van der Waals surface area contributed by atoms with Gasteiger partial charge in [-0.2, -0.15) is 0 Å². The number of sulfone groups is 1. The second-order valence-electron chi connectivity index (χ2n) is 6.79. The Morgan fingerprint density at radius 1 is 1.12 bits per heavy atom. The number of carbonyl (C=O) groups is 1. The van der Waals surface area contributed by atoms with Crippen LogP contribution in [0.4, 0.5) is 10.5 Å². The third kappa shape index (κ3) is 3.83. The Morgan fingerprint density at radius 3 is 2.42 bits per heavy atom. The van der Waals surface area contributed by atoms with Crippen LogP contribution in [0.3, 0.4) is 0 Å². The van der Waals surface area contributed by atoms with Gasteiger partial charge in [-0.25, -0.2) is 13.2 Å². The minimum atomic E-state index is -2.97. The van der Waals surface area contributed by atoms with Gasteiger partial charge in [0, 0.05) is 37.9 Å². The van der Waals surface area contributed by atoms with Crippen molar-refractivity contribution in [2.24, 2.45) is 0 Å². The first-order valence-corrected chi connectivity index (χ1v) is 10.2. The number of aryl methyl sites for hydroxylation is 2. The van der Waals surface area contributed by atoms with E-state index < -0.39 is 9.84 Å². The maximum absolute atomic E-state index is 12.3. The van der Waals surface area contributed by atoms with Crippen LogP contribution in [-0.4, -0.2) is 63.1 Å². The van der Waals surface area contributed by atoms with Crippen LogP contribution in [0.25, 0.3) is 0 Å². The minimum Gasteiger partial charge on any atom is -0.368 e. The van der Waals surface area contributed by atoms with Gasteiger partial charge < -0.3 is 15.1 Å². The number of carbonyl (C=O) groups excluding carboxylic acids is 1. The fraction of sp³-hybridized carbons (Fsp3) is 0.588. The fourth-order valence-corrected chi connectivity index (χ4v) is 4.94. The summed E-state index contributed by atoms with van der Waals surface area (Å²) < 4.78 is 23.0. The normalized spacial score (nSPS) is 23.3. The van der Waals surface area contributed by atoms with Crippen molar-refractivity contribution in [3.05, 3.63) is 29.3 Å². The maximum Gasteiger partial charge on any atom is 0.317 e. The maximum atomic E-state index is 12.3. The number of rotatable bonds is 2. The molecule has 6 nitrogen and oxygen atoms in total. The number of benzene rings is 1. The van der Waals surface area contributed by atoms with Crippen LogP contribution in [0.15, 0.2) is 18.2 Å². The molecule has 0 aromatic heterocycles. The number of piperazine rings is 1. The third-order valence-corrected chi connectivity index (χ3v) is 6.75. The quantitative estimate of drug-likeness (QED) is 0.872. The number of hydrogen-bond acceptors (Lipinski definition) is 4. The Hall–Kier alpha value is -1.76. The topological polar surface area (TPSA) is 69.7 Å². The highest BCUT2D eigenvalue weighted by Gasteiger charge is 2.30. The Balaban J connectivity index is 1.53. The van der Waals surface area contributed by atoms with Gasteiger partial charge in [-0.1, -0.05) is 6.07 Å². The van der Waals surface area contributed by atoms with E-state index in [2.05, 4.69) is 42.3 Å². The average Bonchev–Trinajstić information content (AvgIpc) is 2.89. The molecular weight excluding hydrogens is 326 g/mol. The van der Waals surface area contributed by atoms with E-state index in [1.165, 1.54) is 16.8 Å². The highest BCUT2D eigenvalue weighted by Crippen LogP contribution is 2.20. The van der Waals surface area contributed by atoms with E-state index in [0.29, 0.717) is 19.5 Å². The van der Waals surface area contributed by atoms with Crippen molar-refractivity contribution in [2.45, 2.75) is 26.3 Å². The zero-order chi connectivity index (χ0) is 17.3.